The lowest BCUT2D eigenvalue weighted by Gasteiger charge is -2.20. The van der Waals surface area contributed by atoms with Crippen LogP contribution in [0.2, 0.25) is 0 Å². The molecule has 6 nitrogen and oxygen atoms in total. The van der Waals surface area contributed by atoms with Gasteiger partial charge in [-0.2, -0.15) is 0 Å². The maximum absolute atomic E-state index is 12.2. The number of carbonyl (C=O) groups excluding carboxylic acids is 1. The molecule has 1 fully saturated rings. The van der Waals surface area contributed by atoms with Crippen LogP contribution < -0.4 is 5.32 Å². The molecule has 1 N–H and O–H groups in total. The maximum atomic E-state index is 12.2. The fraction of sp³-hybridized carbons (Fsp3) is 0.600. The Labute approximate surface area is 134 Å². The minimum absolute atomic E-state index is 0.0609. The van der Waals surface area contributed by atoms with Gasteiger partial charge in [-0.05, 0) is 33.5 Å². The summed E-state index contributed by atoms with van der Waals surface area (Å²) < 4.78 is 1.99. The van der Waals surface area contributed by atoms with Gasteiger partial charge in [0.25, 0.3) is 0 Å². The zero-order chi connectivity index (χ0) is 15.5. The molecule has 1 saturated heterocycles. The quantitative estimate of drug-likeness (QED) is 0.920. The number of nitrogens with zero attached hydrogens (tertiary/aromatic N) is 4. The zero-order valence-corrected chi connectivity index (χ0v) is 14.0. The molecule has 0 aromatic carbocycles. The average molecular weight is 321 g/mol. The van der Waals surface area contributed by atoms with Crippen molar-refractivity contribution in [3.05, 3.63) is 23.5 Å². The molecular weight excluding hydrogens is 298 g/mol. The summed E-state index contributed by atoms with van der Waals surface area (Å²) in [6.07, 6.45) is 5.09. The number of hydrogen-bond donors (Lipinski definition) is 1. The van der Waals surface area contributed by atoms with Crippen LogP contribution in [-0.2, 0) is 4.79 Å². The second-order valence-electron chi connectivity index (χ2n) is 5.98. The Morgan fingerprint density at radius 3 is 3.09 bits per heavy atom. The Morgan fingerprint density at radius 2 is 2.27 bits per heavy atom. The van der Waals surface area contributed by atoms with Crippen molar-refractivity contribution in [2.45, 2.75) is 19.4 Å². The fourth-order valence-corrected chi connectivity index (χ4v) is 3.48. The molecule has 3 rings (SSSR count). The second-order valence-corrected chi connectivity index (χ2v) is 6.85. The first-order valence-electron chi connectivity index (χ1n) is 7.74. The number of fused-ring (bicyclic) bond motifs is 1. The Morgan fingerprint density at radius 1 is 1.41 bits per heavy atom. The molecule has 0 radical (unpaired) electrons. The molecule has 0 bridgehead atoms. The van der Waals surface area contributed by atoms with E-state index in [0.29, 0.717) is 6.54 Å². The standard InChI is InChI=1S/C15H23N5OS/c1-12(13-10-20-8-9-22-15(20)17-13)16-14(21)11-19-5-3-4-18(2)6-7-19/h8-10,12H,3-7,11H2,1-2H3,(H,16,21). The van der Waals surface area contributed by atoms with Crippen molar-refractivity contribution < 1.29 is 4.79 Å². The maximum Gasteiger partial charge on any atom is 0.234 e. The SMILES string of the molecule is CC(NC(=O)CN1CCCN(C)CC1)c1cn2ccsc2n1. The van der Waals surface area contributed by atoms with Crippen LogP contribution in [-0.4, -0.2) is 64.9 Å². The Hall–Kier alpha value is -1.44. The largest absolute Gasteiger partial charge is 0.347 e. The first kappa shape index (κ1) is 15.5. The van der Waals surface area contributed by atoms with Crippen molar-refractivity contribution in [2.75, 3.05) is 39.8 Å². The Balaban J connectivity index is 1.53. The third kappa shape index (κ3) is 3.66. The zero-order valence-electron chi connectivity index (χ0n) is 13.2. The predicted octanol–water partition coefficient (Wildman–Crippen LogP) is 1.21. The molecular formula is C15H23N5OS. The van der Waals surface area contributed by atoms with Crippen LogP contribution >= 0.6 is 11.3 Å². The summed E-state index contributed by atoms with van der Waals surface area (Å²) in [6.45, 7) is 6.55. The molecule has 22 heavy (non-hydrogen) atoms. The van der Waals surface area contributed by atoms with Crippen molar-refractivity contribution in [2.24, 2.45) is 0 Å². The smallest absolute Gasteiger partial charge is 0.234 e. The highest BCUT2D eigenvalue weighted by Gasteiger charge is 2.18. The van der Waals surface area contributed by atoms with E-state index in [1.165, 1.54) is 0 Å². The van der Waals surface area contributed by atoms with Gasteiger partial charge in [0.1, 0.15) is 0 Å². The molecule has 2 aromatic rings. The molecule has 3 heterocycles. The molecule has 1 amide bonds. The first-order chi connectivity index (χ1) is 10.6. The highest BCUT2D eigenvalue weighted by molar-refractivity contribution is 7.15. The summed E-state index contributed by atoms with van der Waals surface area (Å²) in [5.41, 5.74) is 0.913. The van der Waals surface area contributed by atoms with Crippen LogP contribution in [0.1, 0.15) is 25.1 Å². The van der Waals surface area contributed by atoms with Crippen molar-refractivity contribution in [1.29, 1.82) is 0 Å². The van der Waals surface area contributed by atoms with Crippen LogP contribution in [0.5, 0.6) is 0 Å². The normalized spacial score (nSPS) is 19.2. The van der Waals surface area contributed by atoms with Crippen LogP contribution in [0.4, 0.5) is 0 Å². The number of hydrogen-bond acceptors (Lipinski definition) is 5. The van der Waals surface area contributed by atoms with Gasteiger partial charge >= 0.3 is 0 Å². The number of thiazole rings is 1. The van der Waals surface area contributed by atoms with Gasteiger partial charge in [0.05, 0.1) is 18.3 Å². The molecule has 2 aromatic heterocycles. The van der Waals surface area contributed by atoms with Gasteiger partial charge in [-0.1, -0.05) is 0 Å². The van der Waals surface area contributed by atoms with Crippen molar-refractivity contribution >= 4 is 22.2 Å². The highest BCUT2D eigenvalue weighted by atomic mass is 32.1. The fourth-order valence-electron chi connectivity index (χ4n) is 2.78. The van der Waals surface area contributed by atoms with E-state index in [2.05, 4.69) is 27.1 Å². The van der Waals surface area contributed by atoms with Crippen LogP contribution in [0.15, 0.2) is 17.8 Å². The van der Waals surface area contributed by atoms with Crippen molar-refractivity contribution in [3.8, 4) is 0 Å². The molecule has 1 atom stereocenters. The lowest BCUT2D eigenvalue weighted by atomic mass is 10.2. The summed E-state index contributed by atoms with van der Waals surface area (Å²) >= 11 is 1.60. The van der Waals surface area contributed by atoms with E-state index < -0.39 is 0 Å². The van der Waals surface area contributed by atoms with Gasteiger partial charge in [-0.15, -0.1) is 11.3 Å². The monoisotopic (exact) mass is 321 g/mol. The topological polar surface area (TPSA) is 52.9 Å². The number of rotatable bonds is 4. The van der Waals surface area contributed by atoms with Crippen molar-refractivity contribution in [3.63, 3.8) is 0 Å². The summed E-state index contributed by atoms with van der Waals surface area (Å²) in [5.74, 6) is 0.0772. The van der Waals surface area contributed by atoms with Gasteiger partial charge < -0.3 is 10.2 Å². The summed E-state index contributed by atoms with van der Waals surface area (Å²) in [4.78, 5) is 22.3. The van der Waals surface area contributed by atoms with E-state index >= 15 is 0 Å². The molecule has 1 aliphatic rings. The number of imidazole rings is 1. The minimum atomic E-state index is -0.0609. The summed E-state index contributed by atoms with van der Waals surface area (Å²) in [5, 5.41) is 5.07. The first-order valence-corrected chi connectivity index (χ1v) is 8.62. The van der Waals surface area contributed by atoms with E-state index in [0.717, 1.165) is 43.3 Å². The molecule has 120 valence electrons. The number of nitrogens with one attached hydrogen (secondary N) is 1. The molecule has 7 heteroatoms. The van der Waals surface area contributed by atoms with Crippen LogP contribution in [0.3, 0.4) is 0 Å². The average Bonchev–Trinajstić information content (AvgIpc) is 3.00. The van der Waals surface area contributed by atoms with E-state index in [1.807, 2.05) is 29.1 Å². The number of amides is 1. The van der Waals surface area contributed by atoms with Crippen molar-refractivity contribution in [1.82, 2.24) is 24.5 Å². The lowest BCUT2D eigenvalue weighted by Crippen LogP contribution is -2.39. The number of likely N-dealkylation sites (N-methyl/N-ethyl adjacent to an activating group) is 1. The Bertz CT molecular complexity index is 608. The second kappa shape index (κ2) is 6.76. The molecule has 1 unspecified atom stereocenters. The third-order valence-electron chi connectivity index (χ3n) is 4.11. The third-order valence-corrected chi connectivity index (χ3v) is 4.88. The van der Waals surface area contributed by atoms with Gasteiger partial charge in [0.15, 0.2) is 4.96 Å². The lowest BCUT2D eigenvalue weighted by molar-refractivity contribution is -0.122. The van der Waals surface area contributed by atoms with Gasteiger partial charge in [0, 0.05) is 30.9 Å². The molecule has 0 aliphatic carbocycles. The minimum Gasteiger partial charge on any atom is -0.347 e. The van der Waals surface area contributed by atoms with Crippen LogP contribution in [0, 0.1) is 0 Å². The number of carbonyl (C=O) groups is 1. The summed E-state index contributed by atoms with van der Waals surface area (Å²) in [6, 6.07) is -0.0609. The highest BCUT2D eigenvalue weighted by Crippen LogP contribution is 2.16. The van der Waals surface area contributed by atoms with E-state index in [-0.39, 0.29) is 11.9 Å². The number of aromatic nitrogens is 2. The van der Waals surface area contributed by atoms with Gasteiger partial charge in [-0.3, -0.25) is 14.1 Å². The van der Waals surface area contributed by atoms with E-state index in [9.17, 15) is 4.79 Å². The Kier molecular flexibility index (Phi) is 4.75. The van der Waals surface area contributed by atoms with E-state index in [4.69, 9.17) is 0 Å². The predicted molar refractivity (Wildman–Crippen MR) is 88.2 cm³/mol. The summed E-state index contributed by atoms with van der Waals surface area (Å²) in [7, 11) is 2.13. The molecule has 1 aliphatic heterocycles. The molecule has 0 saturated carbocycles. The van der Waals surface area contributed by atoms with Gasteiger partial charge in [0.2, 0.25) is 5.91 Å². The molecule has 0 spiro atoms. The van der Waals surface area contributed by atoms with E-state index in [1.54, 1.807) is 11.3 Å². The van der Waals surface area contributed by atoms with Crippen LogP contribution in [0.25, 0.3) is 4.96 Å². The van der Waals surface area contributed by atoms with Gasteiger partial charge in [-0.25, -0.2) is 4.98 Å².